The maximum Gasteiger partial charge on any atom is 0.252 e. The highest BCUT2D eigenvalue weighted by Gasteiger charge is 2.18. The van der Waals surface area contributed by atoms with Crippen molar-refractivity contribution in [3.63, 3.8) is 0 Å². The number of benzene rings is 2. The third-order valence-corrected chi connectivity index (χ3v) is 4.03. The molecule has 0 saturated heterocycles. The smallest absolute Gasteiger partial charge is 0.252 e. The fourth-order valence-corrected chi connectivity index (χ4v) is 2.56. The van der Waals surface area contributed by atoms with Gasteiger partial charge in [-0.25, -0.2) is 0 Å². The molecule has 6 nitrogen and oxygen atoms in total. The second-order valence-electron chi connectivity index (χ2n) is 5.92. The van der Waals surface area contributed by atoms with E-state index in [2.05, 4.69) is 10.6 Å². The number of rotatable bonds is 5. The van der Waals surface area contributed by atoms with E-state index >= 15 is 0 Å². The molecule has 6 heteroatoms. The molecule has 3 rings (SSSR count). The van der Waals surface area contributed by atoms with E-state index in [0.717, 1.165) is 11.1 Å². The topological polar surface area (TPSA) is 76.7 Å². The molecule has 2 aromatic rings. The van der Waals surface area contributed by atoms with E-state index in [0.29, 0.717) is 23.6 Å². The maximum atomic E-state index is 12.3. The van der Waals surface area contributed by atoms with Crippen molar-refractivity contribution in [1.82, 2.24) is 10.6 Å². The van der Waals surface area contributed by atoms with Gasteiger partial charge in [-0.05, 0) is 43.2 Å². The molecule has 0 radical (unpaired) electrons. The number of aryl methyl sites for hydroxylation is 1. The van der Waals surface area contributed by atoms with E-state index in [4.69, 9.17) is 9.47 Å². The number of hydrogen-bond donors (Lipinski definition) is 2. The van der Waals surface area contributed by atoms with Gasteiger partial charge in [-0.2, -0.15) is 0 Å². The molecule has 130 valence electrons. The summed E-state index contributed by atoms with van der Waals surface area (Å²) in [5.74, 6) is 0.866. The van der Waals surface area contributed by atoms with E-state index in [9.17, 15) is 9.59 Å². The monoisotopic (exact) mass is 340 g/mol. The molecule has 25 heavy (non-hydrogen) atoms. The van der Waals surface area contributed by atoms with Crippen LogP contribution < -0.4 is 20.1 Å². The zero-order valence-corrected chi connectivity index (χ0v) is 14.2. The molecule has 2 amide bonds. The zero-order valence-electron chi connectivity index (χ0n) is 14.2. The molecule has 2 aromatic carbocycles. The van der Waals surface area contributed by atoms with Crippen LogP contribution in [0.1, 0.15) is 28.4 Å². The van der Waals surface area contributed by atoms with Crippen LogP contribution in [0.25, 0.3) is 0 Å². The van der Waals surface area contributed by atoms with Crippen molar-refractivity contribution in [3.05, 3.63) is 59.2 Å². The van der Waals surface area contributed by atoms with Gasteiger partial charge < -0.3 is 20.1 Å². The van der Waals surface area contributed by atoms with Crippen LogP contribution in [0.3, 0.4) is 0 Å². The summed E-state index contributed by atoms with van der Waals surface area (Å²) in [5.41, 5.74) is 2.33. The Balaban J connectivity index is 1.54. The molecule has 2 N–H and O–H groups in total. The van der Waals surface area contributed by atoms with Gasteiger partial charge in [0.25, 0.3) is 5.91 Å². The summed E-state index contributed by atoms with van der Waals surface area (Å²) in [6, 6.07) is 12.1. The van der Waals surface area contributed by atoms with Crippen LogP contribution >= 0.6 is 0 Å². The Kier molecular flexibility index (Phi) is 4.88. The van der Waals surface area contributed by atoms with Gasteiger partial charge in [-0.15, -0.1) is 0 Å². The lowest BCUT2D eigenvalue weighted by molar-refractivity contribution is -0.122. The van der Waals surface area contributed by atoms with Crippen molar-refractivity contribution < 1.29 is 19.1 Å². The summed E-state index contributed by atoms with van der Waals surface area (Å²) >= 11 is 0. The molecule has 0 bridgehead atoms. The van der Waals surface area contributed by atoms with Crippen LogP contribution in [-0.4, -0.2) is 24.6 Å². The number of hydrogen-bond acceptors (Lipinski definition) is 4. The fourth-order valence-electron chi connectivity index (χ4n) is 2.56. The van der Waals surface area contributed by atoms with E-state index < -0.39 is 6.04 Å². The summed E-state index contributed by atoms with van der Waals surface area (Å²) < 4.78 is 10.6. The zero-order chi connectivity index (χ0) is 17.8. The number of carbonyl (C=O) groups excluding carboxylic acids is 2. The molecule has 1 heterocycles. The number of carbonyl (C=O) groups is 2. The average Bonchev–Trinajstić information content (AvgIpc) is 3.07. The summed E-state index contributed by atoms with van der Waals surface area (Å²) in [6.45, 7) is 4.08. The predicted octanol–water partition coefficient (Wildman–Crippen LogP) is 2.16. The van der Waals surface area contributed by atoms with Gasteiger partial charge in [0.05, 0.1) is 0 Å². The molecule has 0 fully saturated rings. The second kappa shape index (κ2) is 7.25. The first-order valence-electron chi connectivity index (χ1n) is 8.07. The van der Waals surface area contributed by atoms with Crippen LogP contribution in [-0.2, 0) is 11.3 Å². The second-order valence-corrected chi connectivity index (χ2v) is 5.92. The van der Waals surface area contributed by atoms with E-state index in [1.54, 1.807) is 19.1 Å². The molecular weight excluding hydrogens is 320 g/mol. The average molecular weight is 340 g/mol. The van der Waals surface area contributed by atoms with Gasteiger partial charge in [-0.3, -0.25) is 9.59 Å². The third kappa shape index (κ3) is 3.91. The maximum absolute atomic E-state index is 12.3. The lowest BCUT2D eigenvalue weighted by atomic mass is 10.1. The predicted molar refractivity (Wildman–Crippen MR) is 92.5 cm³/mol. The lowest BCUT2D eigenvalue weighted by Crippen LogP contribution is -2.44. The van der Waals surface area contributed by atoms with Crippen molar-refractivity contribution in [2.24, 2.45) is 0 Å². The highest BCUT2D eigenvalue weighted by Crippen LogP contribution is 2.32. The third-order valence-electron chi connectivity index (χ3n) is 4.03. The minimum atomic E-state index is -0.638. The highest BCUT2D eigenvalue weighted by molar-refractivity contribution is 5.98. The minimum Gasteiger partial charge on any atom is -0.454 e. The first-order chi connectivity index (χ1) is 12.0. The van der Waals surface area contributed by atoms with Gasteiger partial charge in [0, 0.05) is 12.1 Å². The van der Waals surface area contributed by atoms with Gasteiger partial charge in [0.2, 0.25) is 12.7 Å². The Morgan fingerprint density at radius 1 is 1.12 bits per heavy atom. The molecule has 1 aliphatic rings. The summed E-state index contributed by atoms with van der Waals surface area (Å²) in [5, 5.41) is 5.53. The Morgan fingerprint density at radius 3 is 2.68 bits per heavy atom. The summed E-state index contributed by atoms with van der Waals surface area (Å²) in [7, 11) is 0. The minimum absolute atomic E-state index is 0.215. The molecule has 0 saturated carbocycles. The summed E-state index contributed by atoms with van der Waals surface area (Å²) in [6.07, 6.45) is 0. The molecular formula is C19H20N2O4. The number of fused-ring (bicyclic) bond motifs is 1. The van der Waals surface area contributed by atoms with Crippen molar-refractivity contribution in [1.29, 1.82) is 0 Å². The normalized spacial score (nSPS) is 13.2. The molecule has 1 atom stereocenters. The molecule has 0 spiro atoms. The van der Waals surface area contributed by atoms with Gasteiger partial charge in [0.1, 0.15) is 6.04 Å². The molecule has 1 aliphatic heterocycles. The largest absolute Gasteiger partial charge is 0.454 e. The quantitative estimate of drug-likeness (QED) is 0.874. The van der Waals surface area contributed by atoms with Crippen LogP contribution in [0.5, 0.6) is 11.5 Å². The van der Waals surface area contributed by atoms with Crippen molar-refractivity contribution >= 4 is 11.8 Å². The van der Waals surface area contributed by atoms with Gasteiger partial charge in [-0.1, -0.05) is 24.3 Å². The van der Waals surface area contributed by atoms with Crippen LogP contribution in [0.2, 0.25) is 0 Å². The number of ether oxygens (including phenoxy) is 2. The van der Waals surface area contributed by atoms with Crippen molar-refractivity contribution in [3.8, 4) is 11.5 Å². The first kappa shape index (κ1) is 16.8. The highest BCUT2D eigenvalue weighted by atomic mass is 16.7. The standard InChI is InChI=1S/C19H20N2O4/c1-12-5-3-4-6-15(12)19(23)21-13(2)18(22)20-10-14-7-8-16-17(9-14)25-11-24-16/h3-9,13H,10-11H2,1-2H3,(H,20,22)(H,21,23)/t13-/m0/s1. The first-order valence-corrected chi connectivity index (χ1v) is 8.07. The number of nitrogens with one attached hydrogen (secondary N) is 2. The van der Waals surface area contributed by atoms with Crippen molar-refractivity contribution in [2.75, 3.05) is 6.79 Å². The van der Waals surface area contributed by atoms with Gasteiger partial charge >= 0.3 is 0 Å². The van der Waals surface area contributed by atoms with Crippen LogP contribution in [0, 0.1) is 6.92 Å². The van der Waals surface area contributed by atoms with Crippen LogP contribution in [0.15, 0.2) is 42.5 Å². The Labute approximate surface area is 146 Å². The fraction of sp³-hybridized carbons (Fsp3) is 0.263. The molecule has 0 aromatic heterocycles. The Bertz CT molecular complexity index is 804. The summed E-state index contributed by atoms with van der Waals surface area (Å²) in [4.78, 5) is 24.5. The van der Waals surface area contributed by atoms with E-state index in [1.807, 2.05) is 37.3 Å². The molecule has 0 aliphatic carbocycles. The SMILES string of the molecule is Cc1ccccc1C(=O)N[C@@H](C)C(=O)NCc1ccc2c(c1)OCO2. The van der Waals surface area contributed by atoms with Crippen LogP contribution in [0.4, 0.5) is 0 Å². The number of amides is 2. The van der Waals surface area contributed by atoms with Gasteiger partial charge in [0.15, 0.2) is 11.5 Å². The van der Waals surface area contributed by atoms with E-state index in [1.165, 1.54) is 0 Å². The molecule has 0 unspecified atom stereocenters. The van der Waals surface area contributed by atoms with E-state index in [-0.39, 0.29) is 18.6 Å². The Hall–Kier alpha value is -3.02. The Morgan fingerprint density at radius 2 is 1.88 bits per heavy atom. The lowest BCUT2D eigenvalue weighted by Gasteiger charge is -2.15. The van der Waals surface area contributed by atoms with Crippen molar-refractivity contribution in [2.45, 2.75) is 26.4 Å².